The van der Waals surface area contributed by atoms with Crippen molar-refractivity contribution in [1.29, 1.82) is 0 Å². The average molecular weight is 363 g/mol. The van der Waals surface area contributed by atoms with Gasteiger partial charge in [-0.15, -0.1) is 5.10 Å². The van der Waals surface area contributed by atoms with Crippen LogP contribution in [0.4, 0.5) is 13.2 Å². The highest BCUT2D eigenvalue weighted by atomic mass is 79.9. The van der Waals surface area contributed by atoms with Crippen LogP contribution in [0.15, 0.2) is 28.9 Å². The van der Waals surface area contributed by atoms with Crippen LogP contribution >= 0.6 is 15.9 Å². The largest absolute Gasteiger partial charge is 0.416 e. The van der Waals surface area contributed by atoms with E-state index < -0.39 is 11.7 Å². The Balaban J connectivity index is 2.24. The van der Waals surface area contributed by atoms with Gasteiger partial charge in [0.1, 0.15) is 0 Å². The molecule has 0 spiro atoms. The minimum atomic E-state index is -4.40. The van der Waals surface area contributed by atoms with Crippen LogP contribution in [-0.2, 0) is 12.6 Å². The van der Waals surface area contributed by atoms with E-state index in [1.54, 1.807) is 12.3 Å². The molecular formula is C13H14BrF3N4. The van der Waals surface area contributed by atoms with Gasteiger partial charge in [-0.1, -0.05) is 21.1 Å². The Morgan fingerprint density at radius 2 is 1.95 bits per heavy atom. The monoisotopic (exact) mass is 362 g/mol. The highest BCUT2D eigenvalue weighted by molar-refractivity contribution is 9.10. The van der Waals surface area contributed by atoms with Gasteiger partial charge in [0.05, 0.1) is 23.1 Å². The molecule has 0 unspecified atom stereocenters. The lowest BCUT2D eigenvalue weighted by Crippen LogP contribution is -2.06. The van der Waals surface area contributed by atoms with Crippen LogP contribution < -0.4 is 5.73 Å². The summed E-state index contributed by atoms with van der Waals surface area (Å²) in [6, 6.07) is 3.64. The summed E-state index contributed by atoms with van der Waals surface area (Å²) in [7, 11) is 0. The number of alkyl halides is 3. The van der Waals surface area contributed by atoms with E-state index in [-0.39, 0.29) is 0 Å². The number of nitrogens with two attached hydrogens (primary N) is 1. The molecule has 2 N–H and O–H groups in total. The van der Waals surface area contributed by atoms with Gasteiger partial charge in [-0.3, -0.25) is 0 Å². The van der Waals surface area contributed by atoms with E-state index in [1.165, 1.54) is 4.68 Å². The third-order valence-electron chi connectivity index (χ3n) is 2.90. The van der Waals surface area contributed by atoms with Gasteiger partial charge in [0.25, 0.3) is 0 Å². The molecule has 0 atom stereocenters. The standard InChI is InChI=1S/C13H14BrF3N4/c14-10-5-9(13(15,16)17)6-12(7-10)21-8-11(19-20-21)3-1-2-4-18/h5-8H,1-4,18H2. The van der Waals surface area contributed by atoms with E-state index in [9.17, 15) is 13.2 Å². The molecule has 1 aromatic carbocycles. The zero-order chi connectivity index (χ0) is 15.5. The fourth-order valence-corrected chi connectivity index (χ4v) is 2.34. The van der Waals surface area contributed by atoms with Gasteiger partial charge < -0.3 is 5.73 Å². The summed E-state index contributed by atoms with van der Waals surface area (Å²) in [5.74, 6) is 0. The van der Waals surface area contributed by atoms with Crippen molar-refractivity contribution in [2.24, 2.45) is 5.73 Å². The SMILES string of the molecule is NCCCCc1cn(-c2cc(Br)cc(C(F)(F)F)c2)nn1. The zero-order valence-corrected chi connectivity index (χ0v) is 12.7. The number of benzene rings is 1. The smallest absolute Gasteiger partial charge is 0.330 e. The van der Waals surface area contributed by atoms with E-state index in [2.05, 4.69) is 26.2 Å². The minimum Gasteiger partial charge on any atom is -0.330 e. The second-order valence-electron chi connectivity index (χ2n) is 4.60. The first-order valence-corrected chi connectivity index (χ1v) is 7.19. The highest BCUT2D eigenvalue weighted by Crippen LogP contribution is 2.32. The predicted octanol–water partition coefficient (Wildman–Crippen LogP) is 3.33. The number of unbranched alkanes of at least 4 members (excludes halogenated alkanes) is 1. The van der Waals surface area contributed by atoms with Crippen molar-refractivity contribution in [2.45, 2.75) is 25.4 Å². The van der Waals surface area contributed by atoms with Crippen LogP contribution in [0.2, 0.25) is 0 Å². The molecule has 0 fully saturated rings. The van der Waals surface area contributed by atoms with Gasteiger partial charge in [0, 0.05) is 4.47 Å². The van der Waals surface area contributed by atoms with Crippen LogP contribution in [-0.4, -0.2) is 21.5 Å². The van der Waals surface area contributed by atoms with Crippen molar-refractivity contribution >= 4 is 15.9 Å². The molecule has 0 saturated carbocycles. The van der Waals surface area contributed by atoms with Crippen molar-refractivity contribution in [2.75, 3.05) is 6.54 Å². The van der Waals surface area contributed by atoms with Crippen LogP contribution in [0, 0.1) is 0 Å². The maximum Gasteiger partial charge on any atom is 0.416 e. The number of halogens is 4. The lowest BCUT2D eigenvalue weighted by Gasteiger charge is -2.09. The second kappa shape index (κ2) is 6.57. The quantitative estimate of drug-likeness (QED) is 0.830. The van der Waals surface area contributed by atoms with E-state index in [0.717, 1.165) is 30.7 Å². The first kappa shape index (κ1) is 16.0. The van der Waals surface area contributed by atoms with E-state index >= 15 is 0 Å². The van der Waals surface area contributed by atoms with Crippen molar-refractivity contribution in [1.82, 2.24) is 15.0 Å². The van der Waals surface area contributed by atoms with Crippen LogP contribution in [0.5, 0.6) is 0 Å². The topological polar surface area (TPSA) is 56.7 Å². The summed E-state index contributed by atoms with van der Waals surface area (Å²) in [6.45, 7) is 0.606. The van der Waals surface area contributed by atoms with Gasteiger partial charge in [0.2, 0.25) is 0 Å². The Hall–Kier alpha value is -1.41. The Kier molecular flexibility index (Phi) is 5.00. The van der Waals surface area contributed by atoms with Crippen molar-refractivity contribution in [3.05, 3.63) is 40.1 Å². The second-order valence-corrected chi connectivity index (χ2v) is 5.51. The normalized spacial score (nSPS) is 11.9. The number of hydrogen-bond acceptors (Lipinski definition) is 3. The maximum absolute atomic E-state index is 12.8. The third-order valence-corrected chi connectivity index (χ3v) is 3.36. The summed E-state index contributed by atoms with van der Waals surface area (Å²) in [6.07, 6.45) is -0.303. The van der Waals surface area contributed by atoms with Gasteiger partial charge in [-0.25, -0.2) is 4.68 Å². The molecule has 0 radical (unpaired) electrons. The molecular weight excluding hydrogens is 349 g/mol. The summed E-state index contributed by atoms with van der Waals surface area (Å²) >= 11 is 3.09. The molecule has 0 amide bonds. The molecule has 0 bridgehead atoms. The summed E-state index contributed by atoms with van der Waals surface area (Å²) in [5.41, 5.74) is 5.73. The predicted molar refractivity (Wildman–Crippen MR) is 76.1 cm³/mol. The zero-order valence-electron chi connectivity index (χ0n) is 11.1. The van der Waals surface area contributed by atoms with Gasteiger partial charge in [-0.05, 0) is 44.0 Å². The van der Waals surface area contributed by atoms with E-state index in [1.807, 2.05) is 0 Å². The first-order chi connectivity index (χ1) is 9.90. The molecule has 1 heterocycles. The third kappa shape index (κ3) is 4.28. The molecule has 1 aromatic heterocycles. The number of aryl methyl sites for hydroxylation is 1. The number of nitrogens with zero attached hydrogens (tertiary/aromatic N) is 3. The van der Waals surface area contributed by atoms with Gasteiger partial charge in [-0.2, -0.15) is 13.2 Å². The average Bonchev–Trinajstić information content (AvgIpc) is 2.86. The Labute approximate surface area is 128 Å². The molecule has 0 aliphatic heterocycles. The molecule has 2 aromatic rings. The lowest BCUT2D eigenvalue weighted by molar-refractivity contribution is -0.137. The van der Waals surface area contributed by atoms with Crippen molar-refractivity contribution < 1.29 is 13.2 Å². The molecule has 2 rings (SSSR count). The highest BCUT2D eigenvalue weighted by Gasteiger charge is 2.31. The Bertz CT molecular complexity index is 610. The summed E-state index contributed by atoms with van der Waals surface area (Å²) in [5, 5.41) is 7.84. The molecule has 0 aliphatic rings. The van der Waals surface area contributed by atoms with E-state index in [0.29, 0.717) is 23.1 Å². The van der Waals surface area contributed by atoms with Crippen LogP contribution in [0.25, 0.3) is 5.69 Å². The minimum absolute atomic E-state index is 0.314. The van der Waals surface area contributed by atoms with E-state index in [4.69, 9.17) is 5.73 Å². The Morgan fingerprint density at radius 3 is 2.62 bits per heavy atom. The number of aromatic nitrogens is 3. The van der Waals surface area contributed by atoms with Crippen LogP contribution in [0.1, 0.15) is 24.1 Å². The summed E-state index contributed by atoms with van der Waals surface area (Å²) < 4.78 is 40.1. The maximum atomic E-state index is 12.8. The molecule has 114 valence electrons. The van der Waals surface area contributed by atoms with Gasteiger partial charge >= 0.3 is 6.18 Å². The summed E-state index contributed by atoms with van der Waals surface area (Å²) in [4.78, 5) is 0. The molecule has 21 heavy (non-hydrogen) atoms. The van der Waals surface area contributed by atoms with Crippen molar-refractivity contribution in [3.8, 4) is 5.69 Å². The molecule has 0 saturated heterocycles. The van der Waals surface area contributed by atoms with Crippen LogP contribution in [0.3, 0.4) is 0 Å². The fourth-order valence-electron chi connectivity index (χ4n) is 1.86. The van der Waals surface area contributed by atoms with Crippen molar-refractivity contribution in [3.63, 3.8) is 0 Å². The Morgan fingerprint density at radius 1 is 1.19 bits per heavy atom. The molecule has 0 aliphatic carbocycles. The first-order valence-electron chi connectivity index (χ1n) is 6.39. The lowest BCUT2D eigenvalue weighted by atomic mass is 10.2. The fraction of sp³-hybridized carbons (Fsp3) is 0.385. The molecule has 4 nitrogen and oxygen atoms in total. The van der Waals surface area contributed by atoms with Gasteiger partial charge in [0.15, 0.2) is 0 Å². The number of hydrogen-bond donors (Lipinski definition) is 1. The number of rotatable bonds is 5. The molecule has 8 heteroatoms.